The van der Waals surface area contributed by atoms with Crippen molar-refractivity contribution in [2.24, 2.45) is 0 Å². The lowest BCUT2D eigenvalue weighted by atomic mass is 9.81. The van der Waals surface area contributed by atoms with E-state index in [9.17, 15) is 0 Å². The summed E-state index contributed by atoms with van der Waals surface area (Å²) in [7, 11) is 0. The van der Waals surface area contributed by atoms with Gasteiger partial charge in [0.2, 0.25) is 0 Å². The first-order valence-electron chi connectivity index (χ1n) is 9.30. The van der Waals surface area contributed by atoms with Gasteiger partial charge in [-0.1, -0.05) is 98.3 Å². The Labute approximate surface area is 155 Å². The Morgan fingerprint density at radius 2 is 1.35 bits per heavy atom. The van der Waals surface area contributed by atoms with Crippen LogP contribution in [0.25, 0.3) is 33.0 Å². The zero-order valence-electron chi connectivity index (χ0n) is 15.5. The number of rotatable bonds is 1. The lowest BCUT2D eigenvalue weighted by Gasteiger charge is -2.22. The molecule has 26 heavy (non-hydrogen) atoms. The third-order valence-corrected chi connectivity index (χ3v) is 5.94. The van der Waals surface area contributed by atoms with Crippen molar-refractivity contribution in [1.82, 2.24) is 0 Å². The maximum Gasteiger partial charge on any atom is 0.0159 e. The summed E-state index contributed by atoms with van der Waals surface area (Å²) < 4.78 is 0. The third-order valence-electron chi connectivity index (χ3n) is 5.94. The summed E-state index contributed by atoms with van der Waals surface area (Å²) in [6.45, 7) is 6.89. The molecule has 1 aliphatic rings. The van der Waals surface area contributed by atoms with Gasteiger partial charge < -0.3 is 0 Å². The molecule has 0 N–H and O–H groups in total. The second-order valence-corrected chi connectivity index (χ2v) is 7.93. The molecule has 0 radical (unpaired) electrons. The molecule has 4 aromatic carbocycles. The van der Waals surface area contributed by atoms with Gasteiger partial charge in [0.25, 0.3) is 0 Å². The molecule has 0 atom stereocenters. The number of hydrogen-bond donors (Lipinski definition) is 0. The molecule has 0 spiro atoms. The first-order valence-corrected chi connectivity index (χ1v) is 9.30. The molecule has 0 amide bonds. The Morgan fingerprint density at radius 1 is 0.615 bits per heavy atom. The van der Waals surface area contributed by atoms with Gasteiger partial charge in [0, 0.05) is 5.41 Å². The van der Waals surface area contributed by atoms with Crippen molar-refractivity contribution >= 4 is 10.8 Å². The van der Waals surface area contributed by atoms with Crippen LogP contribution in [0.1, 0.15) is 30.5 Å². The number of benzene rings is 4. The van der Waals surface area contributed by atoms with Crippen LogP contribution in [-0.4, -0.2) is 0 Å². The van der Waals surface area contributed by atoms with Crippen LogP contribution < -0.4 is 0 Å². The minimum absolute atomic E-state index is 0.0390. The van der Waals surface area contributed by atoms with Gasteiger partial charge in [0.1, 0.15) is 0 Å². The van der Waals surface area contributed by atoms with Gasteiger partial charge in [0.15, 0.2) is 0 Å². The van der Waals surface area contributed by atoms with E-state index in [0.717, 1.165) is 0 Å². The molecule has 0 saturated heterocycles. The lowest BCUT2D eigenvalue weighted by Crippen LogP contribution is -2.15. The molecule has 0 fully saturated rings. The summed E-state index contributed by atoms with van der Waals surface area (Å²) in [5, 5.41) is 2.62. The SMILES string of the molecule is Cc1ccc2c(c1)C(C)(C)c1cccc(-c3cccc4ccccc34)c1-2. The molecule has 0 aromatic heterocycles. The minimum Gasteiger partial charge on any atom is -0.0616 e. The van der Waals surface area contributed by atoms with Crippen LogP contribution in [-0.2, 0) is 5.41 Å². The number of fused-ring (bicyclic) bond motifs is 4. The van der Waals surface area contributed by atoms with Gasteiger partial charge >= 0.3 is 0 Å². The van der Waals surface area contributed by atoms with Crippen LogP contribution in [0.5, 0.6) is 0 Å². The van der Waals surface area contributed by atoms with Crippen LogP contribution in [0, 0.1) is 6.92 Å². The van der Waals surface area contributed by atoms with Crippen LogP contribution in [0.3, 0.4) is 0 Å². The van der Waals surface area contributed by atoms with Crippen molar-refractivity contribution in [3.8, 4) is 22.3 Å². The minimum atomic E-state index is 0.0390. The predicted molar refractivity (Wildman–Crippen MR) is 112 cm³/mol. The summed E-state index contributed by atoms with van der Waals surface area (Å²) in [6, 6.07) is 29.0. The highest BCUT2D eigenvalue weighted by Gasteiger charge is 2.36. The molecule has 0 saturated carbocycles. The molecule has 0 unspecified atom stereocenters. The van der Waals surface area contributed by atoms with E-state index >= 15 is 0 Å². The Morgan fingerprint density at radius 3 is 2.23 bits per heavy atom. The molecular weight excluding hydrogens is 312 g/mol. The van der Waals surface area contributed by atoms with Crippen molar-refractivity contribution < 1.29 is 0 Å². The van der Waals surface area contributed by atoms with E-state index in [1.165, 1.54) is 49.7 Å². The van der Waals surface area contributed by atoms with Gasteiger partial charge in [-0.15, -0.1) is 0 Å². The van der Waals surface area contributed by atoms with Gasteiger partial charge in [0.05, 0.1) is 0 Å². The van der Waals surface area contributed by atoms with Crippen LogP contribution >= 0.6 is 0 Å². The fourth-order valence-corrected chi connectivity index (χ4v) is 4.59. The Bertz CT molecular complexity index is 1160. The first kappa shape index (κ1) is 15.4. The molecular formula is C26H22. The van der Waals surface area contributed by atoms with Crippen LogP contribution in [0.15, 0.2) is 78.9 Å². The Balaban J connectivity index is 1.88. The van der Waals surface area contributed by atoms with Gasteiger partial charge in [-0.3, -0.25) is 0 Å². The molecule has 5 rings (SSSR count). The highest BCUT2D eigenvalue weighted by Crippen LogP contribution is 2.52. The zero-order chi connectivity index (χ0) is 17.9. The molecule has 126 valence electrons. The van der Waals surface area contributed by atoms with Gasteiger partial charge in [-0.2, -0.15) is 0 Å². The standard InChI is InChI=1S/C26H22/c1-17-14-15-22-24(16-17)26(2,3)23-13-7-12-21(25(22)23)20-11-6-9-18-8-4-5-10-19(18)20/h4-16H,1-3H3. The van der Waals surface area contributed by atoms with E-state index in [2.05, 4.69) is 99.6 Å². The van der Waals surface area contributed by atoms with Crippen molar-refractivity contribution in [2.45, 2.75) is 26.2 Å². The molecule has 0 aliphatic heterocycles. The normalized spacial score (nSPS) is 14.3. The second kappa shape index (κ2) is 5.32. The largest absolute Gasteiger partial charge is 0.0616 e. The van der Waals surface area contributed by atoms with E-state index in [1.807, 2.05) is 0 Å². The summed E-state index contributed by atoms with van der Waals surface area (Å²) in [4.78, 5) is 0. The third kappa shape index (κ3) is 2.02. The van der Waals surface area contributed by atoms with E-state index in [0.29, 0.717) is 0 Å². The highest BCUT2D eigenvalue weighted by atomic mass is 14.4. The molecule has 0 heteroatoms. The predicted octanol–water partition coefficient (Wildman–Crippen LogP) is 7.12. The van der Waals surface area contributed by atoms with Crippen molar-refractivity contribution in [3.05, 3.63) is 95.6 Å². The molecule has 0 heterocycles. The van der Waals surface area contributed by atoms with E-state index in [-0.39, 0.29) is 5.41 Å². The summed E-state index contributed by atoms with van der Waals surface area (Å²) in [6.07, 6.45) is 0. The Kier molecular flexibility index (Phi) is 3.15. The first-order chi connectivity index (χ1) is 12.6. The van der Waals surface area contributed by atoms with E-state index in [1.54, 1.807) is 0 Å². The number of hydrogen-bond acceptors (Lipinski definition) is 0. The molecule has 4 aromatic rings. The van der Waals surface area contributed by atoms with Gasteiger partial charge in [-0.05, 0) is 51.1 Å². The summed E-state index contributed by atoms with van der Waals surface area (Å²) in [5.74, 6) is 0. The molecule has 1 aliphatic carbocycles. The molecule has 0 bridgehead atoms. The monoisotopic (exact) mass is 334 g/mol. The highest BCUT2D eigenvalue weighted by molar-refractivity contribution is 6.02. The lowest BCUT2D eigenvalue weighted by molar-refractivity contribution is 0.660. The fourth-order valence-electron chi connectivity index (χ4n) is 4.59. The Hall–Kier alpha value is -2.86. The fraction of sp³-hybridized carbons (Fsp3) is 0.154. The maximum absolute atomic E-state index is 2.36. The maximum atomic E-state index is 2.36. The average molecular weight is 334 g/mol. The zero-order valence-corrected chi connectivity index (χ0v) is 15.5. The van der Waals surface area contributed by atoms with E-state index in [4.69, 9.17) is 0 Å². The summed E-state index contributed by atoms with van der Waals surface area (Å²) >= 11 is 0. The smallest absolute Gasteiger partial charge is 0.0159 e. The van der Waals surface area contributed by atoms with Crippen molar-refractivity contribution in [1.29, 1.82) is 0 Å². The molecule has 0 nitrogen and oxygen atoms in total. The average Bonchev–Trinajstić information content (AvgIpc) is 2.89. The van der Waals surface area contributed by atoms with E-state index < -0.39 is 0 Å². The second-order valence-electron chi connectivity index (χ2n) is 7.93. The topological polar surface area (TPSA) is 0 Å². The quantitative estimate of drug-likeness (QED) is 0.347. The summed E-state index contributed by atoms with van der Waals surface area (Å²) in [5.41, 5.74) is 9.71. The van der Waals surface area contributed by atoms with Crippen molar-refractivity contribution in [3.63, 3.8) is 0 Å². The number of aryl methyl sites for hydroxylation is 1. The van der Waals surface area contributed by atoms with Gasteiger partial charge in [-0.25, -0.2) is 0 Å². The van der Waals surface area contributed by atoms with Crippen molar-refractivity contribution in [2.75, 3.05) is 0 Å². The van der Waals surface area contributed by atoms with Crippen LogP contribution in [0.2, 0.25) is 0 Å². The van der Waals surface area contributed by atoms with Crippen LogP contribution in [0.4, 0.5) is 0 Å².